The minimum absolute atomic E-state index is 0.127. The normalized spacial score (nSPS) is 24.4. The highest BCUT2D eigenvalue weighted by molar-refractivity contribution is 7.99. The van der Waals surface area contributed by atoms with Gasteiger partial charge in [-0.15, -0.1) is 0 Å². The molecule has 3 unspecified atom stereocenters. The van der Waals surface area contributed by atoms with Gasteiger partial charge in [-0.05, 0) is 17.7 Å². The van der Waals surface area contributed by atoms with Crippen LogP contribution in [0.1, 0.15) is 32.4 Å². The second kappa shape index (κ2) is 6.64. The molecule has 20 heavy (non-hydrogen) atoms. The molecule has 0 aromatic heterocycles. The summed E-state index contributed by atoms with van der Waals surface area (Å²) >= 11 is 1.80. The van der Waals surface area contributed by atoms with Gasteiger partial charge in [0.05, 0.1) is 6.17 Å². The highest BCUT2D eigenvalue weighted by Gasteiger charge is 2.41. The smallest absolute Gasteiger partial charge is 0.245 e. The maximum Gasteiger partial charge on any atom is 0.245 e. The predicted octanol–water partition coefficient (Wildman–Crippen LogP) is 2.89. The molecule has 0 aliphatic carbocycles. The molecule has 2 rings (SSSR count). The van der Waals surface area contributed by atoms with Crippen LogP contribution in [0.25, 0.3) is 0 Å². The Hall–Kier alpha value is -1.00. The monoisotopic (exact) mass is 292 g/mol. The molecule has 1 amide bonds. The van der Waals surface area contributed by atoms with Crippen molar-refractivity contribution in [1.29, 1.82) is 0 Å². The summed E-state index contributed by atoms with van der Waals surface area (Å²) in [4.78, 5) is 14.7. The van der Waals surface area contributed by atoms with Crippen LogP contribution in [0, 0.1) is 5.92 Å². The van der Waals surface area contributed by atoms with Crippen LogP contribution in [-0.2, 0) is 4.79 Å². The fraction of sp³-hybridized carbons (Fsp3) is 0.562. The maximum absolute atomic E-state index is 12.7. The molecular weight excluding hydrogens is 268 g/mol. The van der Waals surface area contributed by atoms with Gasteiger partial charge in [-0.1, -0.05) is 51.1 Å². The zero-order valence-corrected chi connectivity index (χ0v) is 13.5. The number of hydrogen-bond acceptors (Lipinski definition) is 3. The summed E-state index contributed by atoms with van der Waals surface area (Å²) in [6.07, 6.45) is 2.22. The molecule has 1 aromatic rings. The first-order valence-electron chi connectivity index (χ1n) is 7.19. The second-order valence-electron chi connectivity index (χ2n) is 5.74. The van der Waals surface area contributed by atoms with E-state index in [1.807, 2.05) is 35.2 Å². The number of rotatable bonds is 5. The average Bonchev–Trinajstić information content (AvgIpc) is 2.77. The van der Waals surface area contributed by atoms with E-state index in [1.165, 1.54) is 0 Å². The van der Waals surface area contributed by atoms with Crippen molar-refractivity contribution in [1.82, 2.24) is 10.2 Å². The number of thioether (sulfide) groups is 1. The molecule has 1 aliphatic heterocycles. The van der Waals surface area contributed by atoms with Crippen molar-refractivity contribution in [2.45, 2.75) is 38.2 Å². The number of amides is 1. The Balaban J connectivity index is 2.21. The van der Waals surface area contributed by atoms with Crippen LogP contribution in [0.4, 0.5) is 0 Å². The van der Waals surface area contributed by atoms with Crippen molar-refractivity contribution in [2.24, 2.45) is 5.92 Å². The van der Waals surface area contributed by atoms with Gasteiger partial charge >= 0.3 is 0 Å². The Morgan fingerprint density at radius 2 is 1.90 bits per heavy atom. The number of benzene rings is 1. The molecular formula is C16H24N2OS. The van der Waals surface area contributed by atoms with E-state index in [0.29, 0.717) is 11.2 Å². The first-order chi connectivity index (χ1) is 9.54. The predicted molar refractivity (Wildman–Crippen MR) is 85.6 cm³/mol. The molecule has 0 saturated carbocycles. The van der Waals surface area contributed by atoms with Crippen molar-refractivity contribution >= 4 is 17.7 Å². The summed E-state index contributed by atoms with van der Waals surface area (Å²) in [5, 5.41) is 3.96. The van der Waals surface area contributed by atoms with E-state index in [-0.39, 0.29) is 18.1 Å². The Bertz CT molecular complexity index is 449. The molecule has 1 fully saturated rings. The van der Waals surface area contributed by atoms with Gasteiger partial charge in [-0.25, -0.2) is 0 Å². The molecule has 1 N–H and O–H groups in total. The Kier molecular flexibility index (Phi) is 5.11. The lowest BCUT2D eigenvalue weighted by molar-refractivity contribution is -0.130. The lowest BCUT2D eigenvalue weighted by Crippen LogP contribution is -2.43. The number of carbonyl (C=O) groups excluding carboxylic acids is 1. The van der Waals surface area contributed by atoms with Gasteiger partial charge in [0.15, 0.2) is 0 Å². The number of nitrogens with one attached hydrogen (secondary N) is 1. The molecule has 4 heteroatoms. The Labute approximate surface area is 126 Å². The van der Waals surface area contributed by atoms with E-state index in [9.17, 15) is 4.79 Å². The first-order valence-corrected chi connectivity index (χ1v) is 8.47. The van der Waals surface area contributed by atoms with Crippen molar-refractivity contribution in [3.63, 3.8) is 0 Å². The SMILES string of the molecule is CSC(C)CN1C(=O)C(c2ccccc2)NC1C(C)C. The van der Waals surface area contributed by atoms with Gasteiger partial charge in [0.25, 0.3) is 0 Å². The second-order valence-corrected chi connectivity index (χ2v) is 7.01. The molecule has 1 heterocycles. The third kappa shape index (κ3) is 3.18. The van der Waals surface area contributed by atoms with Crippen LogP contribution in [0.5, 0.6) is 0 Å². The topological polar surface area (TPSA) is 32.3 Å². The standard InChI is InChI=1S/C16H24N2OS/c1-11(2)15-17-14(13-8-6-5-7-9-13)16(19)18(15)10-12(3)20-4/h5-9,11-12,14-15,17H,10H2,1-4H3. The van der Waals surface area contributed by atoms with Gasteiger partial charge in [0, 0.05) is 11.8 Å². The lowest BCUT2D eigenvalue weighted by Gasteiger charge is -2.29. The number of nitrogens with zero attached hydrogens (tertiary/aromatic N) is 1. The van der Waals surface area contributed by atoms with E-state index in [4.69, 9.17) is 0 Å². The first kappa shape index (κ1) is 15.4. The van der Waals surface area contributed by atoms with Crippen LogP contribution in [-0.4, -0.2) is 35.0 Å². The van der Waals surface area contributed by atoms with Crippen molar-refractivity contribution < 1.29 is 4.79 Å². The molecule has 3 atom stereocenters. The zero-order chi connectivity index (χ0) is 14.7. The molecule has 110 valence electrons. The molecule has 1 aromatic carbocycles. The Morgan fingerprint density at radius 1 is 1.25 bits per heavy atom. The van der Waals surface area contributed by atoms with Crippen LogP contribution >= 0.6 is 11.8 Å². The minimum atomic E-state index is -0.197. The van der Waals surface area contributed by atoms with E-state index in [2.05, 4.69) is 32.3 Å². The molecule has 0 spiro atoms. The van der Waals surface area contributed by atoms with Crippen LogP contribution < -0.4 is 5.32 Å². The average molecular weight is 292 g/mol. The highest BCUT2D eigenvalue weighted by Crippen LogP contribution is 2.28. The highest BCUT2D eigenvalue weighted by atomic mass is 32.2. The summed E-state index contributed by atoms with van der Waals surface area (Å²) in [6.45, 7) is 7.30. The fourth-order valence-corrected chi connectivity index (χ4v) is 2.94. The number of carbonyl (C=O) groups is 1. The molecule has 3 nitrogen and oxygen atoms in total. The van der Waals surface area contributed by atoms with Gasteiger partial charge < -0.3 is 4.90 Å². The quantitative estimate of drug-likeness (QED) is 0.905. The van der Waals surface area contributed by atoms with Crippen LogP contribution in [0.15, 0.2) is 30.3 Å². The number of hydrogen-bond donors (Lipinski definition) is 1. The van der Waals surface area contributed by atoms with Crippen molar-refractivity contribution in [2.75, 3.05) is 12.8 Å². The van der Waals surface area contributed by atoms with Gasteiger partial charge in [0.2, 0.25) is 5.91 Å². The summed E-state index contributed by atoms with van der Waals surface area (Å²) in [7, 11) is 0. The van der Waals surface area contributed by atoms with E-state index in [1.54, 1.807) is 11.8 Å². The third-order valence-corrected chi connectivity index (χ3v) is 4.78. The van der Waals surface area contributed by atoms with E-state index < -0.39 is 0 Å². The zero-order valence-electron chi connectivity index (χ0n) is 12.7. The Morgan fingerprint density at radius 3 is 2.45 bits per heavy atom. The van der Waals surface area contributed by atoms with Crippen molar-refractivity contribution in [3.8, 4) is 0 Å². The molecule has 1 aliphatic rings. The largest absolute Gasteiger partial charge is 0.324 e. The third-order valence-electron chi connectivity index (χ3n) is 3.82. The fourth-order valence-electron chi connectivity index (χ4n) is 2.63. The summed E-state index contributed by atoms with van der Waals surface area (Å²) in [6, 6.07) is 9.81. The molecule has 0 bridgehead atoms. The summed E-state index contributed by atoms with van der Waals surface area (Å²) in [5.74, 6) is 0.609. The van der Waals surface area contributed by atoms with E-state index >= 15 is 0 Å². The lowest BCUT2D eigenvalue weighted by atomic mass is 10.1. The van der Waals surface area contributed by atoms with Gasteiger partial charge in [-0.2, -0.15) is 11.8 Å². The van der Waals surface area contributed by atoms with Crippen LogP contribution in [0.2, 0.25) is 0 Å². The van der Waals surface area contributed by atoms with Gasteiger partial charge in [0.1, 0.15) is 6.04 Å². The molecule has 1 saturated heterocycles. The minimum Gasteiger partial charge on any atom is -0.324 e. The van der Waals surface area contributed by atoms with Gasteiger partial charge in [-0.3, -0.25) is 10.1 Å². The summed E-state index contributed by atoms with van der Waals surface area (Å²) < 4.78 is 0. The van der Waals surface area contributed by atoms with Crippen molar-refractivity contribution in [3.05, 3.63) is 35.9 Å². The maximum atomic E-state index is 12.7. The molecule has 0 radical (unpaired) electrons. The van der Waals surface area contributed by atoms with E-state index in [0.717, 1.165) is 12.1 Å². The summed E-state index contributed by atoms with van der Waals surface area (Å²) in [5.41, 5.74) is 1.06. The van der Waals surface area contributed by atoms with Crippen LogP contribution in [0.3, 0.4) is 0 Å².